The van der Waals surface area contributed by atoms with Gasteiger partial charge in [-0.25, -0.2) is 8.42 Å². The molecule has 0 saturated carbocycles. The van der Waals surface area contributed by atoms with E-state index in [1.165, 1.54) is 32.4 Å². The fourth-order valence-electron chi connectivity index (χ4n) is 3.42. The van der Waals surface area contributed by atoms with Crippen LogP contribution in [0.15, 0.2) is 53.4 Å². The van der Waals surface area contributed by atoms with Gasteiger partial charge < -0.3 is 19.5 Å². The number of carbonyl (C=O) groups is 1. The number of hydrogen-bond donors (Lipinski definition) is 2. The van der Waals surface area contributed by atoms with E-state index in [0.29, 0.717) is 18.9 Å². The molecule has 1 aliphatic rings. The van der Waals surface area contributed by atoms with E-state index in [-0.39, 0.29) is 23.2 Å². The molecule has 2 atom stereocenters. The van der Waals surface area contributed by atoms with Gasteiger partial charge in [0.2, 0.25) is 15.9 Å². The third-order valence-electron chi connectivity index (χ3n) is 5.09. The van der Waals surface area contributed by atoms with Crippen molar-refractivity contribution in [2.45, 2.75) is 36.3 Å². The van der Waals surface area contributed by atoms with Crippen molar-refractivity contribution in [1.29, 1.82) is 0 Å². The number of rotatable bonds is 10. The first-order valence-corrected chi connectivity index (χ1v) is 11.6. The summed E-state index contributed by atoms with van der Waals surface area (Å²) >= 11 is 0. The SMILES string of the molecule is COc1ccc(S(=O)(=O)NC(Cc2ccccc2)C(=O)NCC2CCCO2)cc1OC. The van der Waals surface area contributed by atoms with Gasteiger partial charge in [0.15, 0.2) is 11.5 Å². The highest BCUT2D eigenvalue weighted by molar-refractivity contribution is 7.89. The van der Waals surface area contributed by atoms with E-state index < -0.39 is 22.0 Å². The van der Waals surface area contributed by atoms with Crippen LogP contribution in [-0.4, -0.2) is 53.8 Å². The van der Waals surface area contributed by atoms with E-state index in [0.717, 1.165) is 18.4 Å². The topological polar surface area (TPSA) is 103 Å². The second-order valence-corrected chi connectivity index (χ2v) is 8.97. The lowest BCUT2D eigenvalue weighted by Crippen LogP contribution is -2.49. The third kappa shape index (κ3) is 6.19. The maximum atomic E-state index is 13.1. The largest absolute Gasteiger partial charge is 0.493 e. The molecule has 3 rings (SSSR count). The Hall–Kier alpha value is -2.62. The summed E-state index contributed by atoms with van der Waals surface area (Å²) in [5.41, 5.74) is 0.842. The van der Waals surface area contributed by atoms with E-state index in [1.54, 1.807) is 0 Å². The summed E-state index contributed by atoms with van der Waals surface area (Å²) < 4.78 is 44.6. The first-order chi connectivity index (χ1) is 14.9. The Kier molecular flexibility index (Phi) is 7.89. The number of ether oxygens (including phenoxy) is 3. The average Bonchev–Trinajstić information content (AvgIpc) is 3.30. The number of carbonyl (C=O) groups excluding carboxylic acids is 1. The van der Waals surface area contributed by atoms with Crippen LogP contribution in [0.5, 0.6) is 11.5 Å². The maximum absolute atomic E-state index is 13.1. The quantitative estimate of drug-likeness (QED) is 0.575. The lowest BCUT2D eigenvalue weighted by Gasteiger charge is -2.20. The van der Waals surface area contributed by atoms with Crippen molar-refractivity contribution >= 4 is 15.9 Å². The zero-order valence-corrected chi connectivity index (χ0v) is 18.5. The van der Waals surface area contributed by atoms with E-state index in [9.17, 15) is 13.2 Å². The van der Waals surface area contributed by atoms with Crippen LogP contribution in [-0.2, 0) is 26.0 Å². The molecule has 1 aliphatic heterocycles. The zero-order chi connectivity index (χ0) is 22.3. The molecule has 0 aliphatic carbocycles. The summed E-state index contributed by atoms with van der Waals surface area (Å²) in [6, 6.07) is 12.6. The zero-order valence-electron chi connectivity index (χ0n) is 17.7. The first-order valence-electron chi connectivity index (χ1n) is 10.1. The van der Waals surface area contributed by atoms with Gasteiger partial charge in [-0.05, 0) is 37.0 Å². The molecule has 168 valence electrons. The van der Waals surface area contributed by atoms with Gasteiger partial charge >= 0.3 is 0 Å². The van der Waals surface area contributed by atoms with Crippen molar-refractivity contribution in [2.75, 3.05) is 27.4 Å². The number of hydrogen-bond acceptors (Lipinski definition) is 6. The maximum Gasteiger partial charge on any atom is 0.241 e. The van der Waals surface area contributed by atoms with Gasteiger partial charge in [0, 0.05) is 19.2 Å². The van der Waals surface area contributed by atoms with Gasteiger partial charge in [0.1, 0.15) is 6.04 Å². The summed E-state index contributed by atoms with van der Waals surface area (Å²) in [4.78, 5) is 12.9. The van der Waals surface area contributed by atoms with Gasteiger partial charge in [0.25, 0.3) is 0 Å². The first kappa shape index (κ1) is 23.1. The minimum atomic E-state index is -4.00. The van der Waals surface area contributed by atoms with Crippen molar-refractivity contribution < 1.29 is 27.4 Å². The summed E-state index contributed by atoms with van der Waals surface area (Å²) in [6.45, 7) is 1.03. The van der Waals surface area contributed by atoms with Crippen LogP contribution in [0.1, 0.15) is 18.4 Å². The number of sulfonamides is 1. The Morgan fingerprint density at radius 1 is 1.13 bits per heavy atom. The second-order valence-electron chi connectivity index (χ2n) is 7.26. The smallest absolute Gasteiger partial charge is 0.241 e. The Bertz CT molecular complexity index is 975. The highest BCUT2D eigenvalue weighted by Crippen LogP contribution is 2.29. The summed E-state index contributed by atoms with van der Waals surface area (Å²) in [7, 11) is -1.10. The van der Waals surface area contributed by atoms with Crippen LogP contribution in [0.4, 0.5) is 0 Å². The van der Waals surface area contributed by atoms with Crippen molar-refractivity contribution in [2.24, 2.45) is 0 Å². The molecule has 1 amide bonds. The number of benzene rings is 2. The number of nitrogens with one attached hydrogen (secondary N) is 2. The van der Waals surface area contributed by atoms with E-state index >= 15 is 0 Å². The van der Waals surface area contributed by atoms with Crippen LogP contribution >= 0.6 is 0 Å². The Labute approximate surface area is 182 Å². The predicted molar refractivity (Wildman–Crippen MR) is 116 cm³/mol. The molecule has 2 unspecified atom stereocenters. The van der Waals surface area contributed by atoms with Gasteiger partial charge in [-0.1, -0.05) is 30.3 Å². The van der Waals surface area contributed by atoms with E-state index in [4.69, 9.17) is 14.2 Å². The molecule has 0 bridgehead atoms. The Balaban J connectivity index is 1.79. The van der Waals surface area contributed by atoms with E-state index in [2.05, 4.69) is 10.0 Å². The van der Waals surface area contributed by atoms with Gasteiger partial charge in [-0.2, -0.15) is 4.72 Å². The van der Waals surface area contributed by atoms with Crippen LogP contribution in [0.2, 0.25) is 0 Å². The fraction of sp³-hybridized carbons (Fsp3) is 0.409. The number of amides is 1. The molecule has 2 aromatic carbocycles. The molecular formula is C22H28N2O6S. The predicted octanol–water partition coefficient (Wildman–Crippen LogP) is 1.89. The fourth-order valence-corrected chi connectivity index (χ4v) is 4.63. The molecule has 0 aromatic heterocycles. The van der Waals surface area contributed by atoms with Gasteiger partial charge in [0.05, 0.1) is 25.2 Å². The standard InChI is InChI=1S/C22H28N2O6S/c1-28-20-11-10-18(14-21(20)29-2)31(26,27)24-19(13-16-7-4-3-5-8-16)22(25)23-15-17-9-6-12-30-17/h3-5,7-8,10-11,14,17,19,24H,6,9,12-13,15H2,1-2H3,(H,23,25). The highest BCUT2D eigenvalue weighted by atomic mass is 32.2. The lowest BCUT2D eigenvalue weighted by molar-refractivity contribution is -0.123. The Morgan fingerprint density at radius 3 is 2.52 bits per heavy atom. The third-order valence-corrected chi connectivity index (χ3v) is 6.56. The second kappa shape index (κ2) is 10.6. The van der Waals surface area contributed by atoms with Crippen LogP contribution in [0.25, 0.3) is 0 Å². The van der Waals surface area contributed by atoms with E-state index in [1.807, 2.05) is 30.3 Å². The average molecular weight is 449 g/mol. The molecular weight excluding hydrogens is 420 g/mol. The van der Waals surface area contributed by atoms with Crippen molar-refractivity contribution in [3.8, 4) is 11.5 Å². The van der Waals surface area contributed by atoms with Gasteiger partial charge in [-0.3, -0.25) is 4.79 Å². The molecule has 1 heterocycles. The summed E-state index contributed by atoms with van der Waals surface area (Å²) in [6.07, 6.45) is 2.01. The molecule has 1 saturated heterocycles. The molecule has 1 fully saturated rings. The molecule has 8 nitrogen and oxygen atoms in total. The summed E-state index contributed by atoms with van der Waals surface area (Å²) in [5.74, 6) is 0.299. The lowest BCUT2D eigenvalue weighted by atomic mass is 10.1. The summed E-state index contributed by atoms with van der Waals surface area (Å²) in [5, 5.41) is 2.82. The molecule has 2 N–H and O–H groups in total. The van der Waals surface area contributed by atoms with Crippen molar-refractivity contribution in [3.63, 3.8) is 0 Å². The molecule has 0 spiro atoms. The normalized spacial score (nSPS) is 17.2. The minimum absolute atomic E-state index is 0.0184. The van der Waals surface area contributed by atoms with Crippen LogP contribution in [0, 0.1) is 0 Å². The van der Waals surface area contributed by atoms with Crippen LogP contribution < -0.4 is 19.5 Å². The molecule has 9 heteroatoms. The minimum Gasteiger partial charge on any atom is -0.493 e. The highest BCUT2D eigenvalue weighted by Gasteiger charge is 2.28. The number of methoxy groups -OCH3 is 2. The van der Waals surface area contributed by atoms with Crippen molar-refractivity contribution in [1.82, 2.24) is 10.0 Å². The monoisotopic (exact) mass is 448 g/mol. The Morgan fingerprint density at radius 2 is 1.87 bits per heavy atom. The molecule has 2 aromatic rings. The van der Waals surface area contributed by atoms with Gasteiger partial charge in [-0.15, -0.1) is 0 Å². The van der Waals surface area contributed by atoms with Crippen molar-refractivity contribution in [3.05, 3.63) is 54.1 Å². The van der Waals surface area contributed by atoms with Crippen LogP contribution in [0.3, 0.4) is 0 Å². The molecule has 0 radical (unpaired) electrons. The molecule has 31 heavy (non-hydrogen) atoms.